The van der Waals surface area contributed by atoms with Crippen LogP contribution < -0.4 is 10.1 Å². The van der Waals surface area contributed by atoms with E-state index in [-0.39, 0.29) is 17.2 Å². The molecule has 0 heterocycles. The number of nitrogens with one attached hydrogen (secondary N) is 1. The van der Waals surface area contributed by atoms with Gasteiger partial charge in [0.05, 0.1) is 12.0 Å². The van der Waals surface area contributed by atoms with Crippen LogP contribution in [-0.4, -0.2) is 24.5 Å². The van der Waals surface area contributed by atoms with Crippen molar-refractivity contribution in [3.63, 3.8) is 0 Å². The summed E-state index contributed by atoms with van der Waals surface area (Å²) in [5.41, 5.74) is 2.38. The van der Waals surface area contributed by atoms with Gasteiger partial charge in [0.2, 0.25) is 0 Å². The van der Waals surface area contributed by atoms with E-state index in [0.717, 1.165) is 19.3 Å². The molecule has 0 saturated carbocycles. The Kier molecular flexibility index (Phi) is 4.97. The highest BCUT2D eigenvalue weighted by Crippen LogP contribution is 2.31. The lowest BCUT2D eigenvalue weighted by atomic mass is 9.83. The minimum Gasteiger partial charge on any atom is -0.497 e. The summed E-state index contributed by atoms with van der Waals surface area (Å²) in [7, 11) is 1.46. The molecule has 0 unspecified atom stereocenters. The van der Waals surface area contributed by atoms with Gasteiger partial charge in [-0.15, -0.1) is 0 Å². The molecule has 3 rings (SSSR count). The van der Waals surface area contributed by atoms with Crippen LogP contribution in [0.5, 0.6) is 5.75 Å². The van der Waals surface area contributed by atoms with E-state index in [0.29, 0.717) is 12.3 Å². The lowest BCUT2D eigenvalue weighted by molar-refractivity contribution is -0.385. The summed E-state index contributed by atoms with van der Waals surface area (Å²) in [5.74, 6) is 0.200. The van der Waals surface area contributed by atoms with Crippen molar-refractivity contribution >= 4 is 11.6 Å². The monoisotopic (exact) mass is 340 g/mol. The Morgan fingerprint density at radius 1 is 1.32 bits per heavy atom. The molecule has 1 N–H and O–H groups in total. The number of aryl methyl sites for hydroxylation is 1. The van der Waals surface area contributed by atoms with E-state index in [4.69, 9.17) is 4.74 Å². The average molecular weight is 340 g/mol. The van der Waals surface area contributed by atoms with Gasteiger partial charge in [0.15, 0.2) is 0 Å². The Labute approximate surface area is 146 Å². The van der Waals surface area contributed by atoms with E-state index in [2.05, 4.69) is 17.4 Å². The van der Waals surface area contributed by atoms with Crippen LogP contribution in [0.3, 0.4) is 0 Å². The number of nitrogens with zero attached hydrogens (tertiary/aromatic N) is 1. The molecule has 0 radical (unpaired) electrons. The first-order valence-corrected chi connectivity index (χ1v) is 8.28. The molecule has 130 valence electrons. The summed E-state index contributed by atoms with van der Waals surface area (Å²) >= 11 is 0. The standard InChI is InChI=1S/C19H20N2O4/c1-25-15-9-10-18(21(23)24)17(11-15)19(22)20-12-14-7-4-6-13-5-2-3-8-16(13)14/h2-3,5,8-11,14H,4,6-7,12H2,1H3,(H,20,22)/t14-/m0/s1. The summed E-state index contributed by atoms with van der Waals surface area (Å²) in [5, 5.41) is 14.0. The van der Waals surface area contributed by atoms with E-state index < -0.39 is 10.8 Å². The summed E-state index contributed by atoms with van der Waals surface area (Å²) < 4.78 is 5.08. The molecular weight excluding hydrogens is 320 g/mol. The third kappa shape index (κ3) is 3.63. The van der Waals surface area contributed by atoms with Gasteiger partial charge in [0.1, 0.15) is 11.3 Å². The van der Waals surface area contributed by atoms with Gasteiger partial charge >= 0.3 is 0 Å². The zero-order valence-electron chi connectivity index (χ0n) is 14.0. The molecule has 0 bridgehead atoms. The zero-order valence-corrected chi connectivity index (χ0v) is 14.0. The lowest BCUT2D eigenvalue weighted by Crippen LogP contribution is -2.30. The quantitative estimate of drug-likeness (QED) is 0.667. The molecule has 1 aliphatic rings. The van der Waals surface area contributed by atoms with E-state index in [1.807, 2.05) is 12.1 Å². The van der Waals surface area contributed by atoms with Crippen molar-refractivity contribution in [2.45, 2.75) is 25.2 Å². The molecule has 2 aromatic carbocycles. The second-order valence-corrected chi connectivity index (χ2v) is 6.14. The fourth-order valence-corrected chi connectivity index (χ4v) is 3.36. The average Bonchev–Trinajstić information content (AvgIpc) is 2.65. The molecule has 0 aliphatic heterocycles. The Bertz CT molecular complexity index is 804. The fraction of sp³-hybridized carbons (Fsp3) is 0.316. The number of nitro groups is 1. The molecule has 0 saturated heterocycles. The second-order valence-electron chi connectivity index (χ2n) is 6.14. The molecule has 0 aromatic heterocycles. The Balaban J connectivity index is 1.77. The zero-order chi connectivity index (χ0) is 17.8. The molecule has 2 aromatic rings. The number of amides is 1. The van der Waals surface area contributed by atoms with Crippen molar-refractivity contribution in [2.75, 3.05) is 13.7 Å². The highest BCUT2D eigenvalue weighted by molar-refractivity contribution is 5.98. The highest BCUT2D eigenvalue weighted by atomic mass is 16.6. The van der Waals surface area contributed by atoms with Crippen molar-refractivity contribution in [2.24, 2.45) is 0 Å². The van der Waals surface area contributed by atoms with Gasteiger partial charge in [-0.2, -0.15) is 0 Å². The first-order chi connectivity index (χ1) is 12.1. The molecular formula is C19H20N2O4. The van der Waals surface area contributed by atoms with Gasteiger partial charge in [0.25, 0.3) is 11.6 Å². The van der Waals surface area contributed by atoms with Gasteiger partial charge < -0.3 is 10.1 Å². The van der Waals surface area contributed by atoms with Crippen LogP contribution in [0.15, 0.2) is 42.5 Å². The molecule has 6 heteroatoms. The molecule has 0 fully saturated rings. The lowest BCUT2D eigenvalue weighted by Gasteiger charge is -2.25. The number of ether oxygens (including phenoxy) is 1. The number of benzene rings is 2. The maximum absolute atomic E-state index is 12.5. The topological polar surface area (TPSA) is 81.5 Å². The summed E-state index contributed by atoms with van der Waals surface area (Å²) in [6.07, 6.45) is 3.14. The maximum Gasteiger partial charge on any atom is 0.282 e. The van der Waals surface area contributed by atoms with E-state index in [9.17, 15) is 14.9 Å². The molecule has 1 aliphatic carbocycles. The number of fused-ring (bicyclic) bond motifs is 1. The van der Waals surface area contributed by atoms with E-state index >= 15 is 0 Å². The van der Waals surface area contributed by atoms with Crippen LogP contribution >= 0.6 is 0 Å². The molecule has 6 nitrogen and oxygen atoms in total. The van der Waals surface area contributed by atoms with Crippen LogP contribution in [0.25, 0.3) is 0 Å². The number of hydrogen-bond donors (Lipinski definition) is 1. The maximum atomic E-state index is 12.5. The third-order valence-electron chi connectivity index (χ3n) is 4.65. The van der Waals surface area contributed by atoms with Crippen LogP contribution in [-0.2, 0) is 6.42 Å². The first kappa shape index (κ1) is 17.0. The Morgan fingerprint density at radius 2 is 2.12 bits per heavy atom. The smallest absolute Gasteiger partial charge is 0.282 e. The van der Waals surface area contributed by atoms with E-state index in [1.165, 1.54) is 36.4 Å². The second kappa shape index (κ2) is 7.34. The number of rotatable bonds is 5. The van der Waals surface area contributed by atoms with Crippen molar-refractivity contribution in [3.05, 3.63) is 69.3 Å². The van der Waals surface area contributed by atoms with Crippen molar-refractivity contribution in [3.8, 4) is 5.75 Å². The predicted molar refractivity (Wildman–Crippen MR) is 94.1 cm³/mol. The number of methoxy groups -OCH3 is 1. The van der Waals surface area contributed by atoms with Gasteiger partial charge in [0, 0.05) is 18.5 Å². The van der Waals surface area contributed by atoms with Crippen molar-refractivity contribution in [1.29, 1.82) is 0 Å². The number of hydrogen-bond acceptors (Lipinski definition) is 4. The van der Waals surface area contributed by atoms with Crippen molar-refractivity contribution < 1.29 is 14.5 Å². The van der Waals surface area contributed by atoms with Gasteiger partial charge in [-0.1, -0.05) is 24.3 Å². The summed E-state index contributed by atoms with van der Waals surface area (Å²) in [6, 6.07) is 12.4. The largest absolute Gasteiger partial charge is 0.497 e. The minimum absolute atomic E-state index is 0.0217. The third-order valence-corrected chi connectivity index (χ3v) is 4.65. The molecule has 0 spiro atoms. The SMILES string of the molecule is COc1ccc([N+](=O)[O-])c(C(=O)NC[C@@H]2CCCc3ccccc32)c1. The molecule has 1 atom stereocenters. The van der Waals surface area contributed by atoms with E-state index in [1.54, 1.807) is 0 Å². The van der Waals surface area contributed by atoms with Crippen molar-refractivity contribution in [1.82, 2.24) is 5.32 Å². The number of carbonyl (C=O) groups is 1. The fourth-order valence-electron chi connectivity index (χ4n) is 3.36. The first-order valence-electron chi connectivity index (χ1n) is 8.28. The number of carbonyl (C=O) groups excluding carboxylic acids is 1. The van der Waals surface area contributed by atoms with Crippen LogP contribution in [0.2, 0.25) is 0 Å². The normalized spacial score (nSPS) is 16.0. The minimum atomic E-state index is -0.551. The Hall–Kier alpha value is -2.89. The molecule has 1 amide bonds. The summed E-state index contributed by atoms with van der Waals surface area (Å²) in [4.78, 5) is 23.2. The van der Waals surface area contributed by atoms with Crippen LogP contribution in [0.4, 0.5) is 5.69 Å². The van der Waals surface area contributed by atoms with Gasteiger partial charge in [-0.05, 0) is 42.5 Å². The Morgan fingerprint density at radius 3 is 2.88 bits per heavy atom. The number of nitro benzene ring substituents is 1. The van der Waals surface area contributed by atoms with Gasteiger partial charge in [-0.25, -0.2) is 0 Å². The van der Waals surface area contributed by atoms with Gasteiger partial charge in [-0.3, -0.25) is 14.9 Å². The van der Waals surface area contributed by atoms with Crippen LogP contribution in [0.1, 0.15) is 40.2 Å². The predicted octanol–water partition coefficient (Wildman–Crippen LogP) is 3.45. The van der Waals surface area contributed by atoms with Crippen LogP contribution in [0, 0.1) is 10.1 Å². The molecule has 25 heavy (non-hydrogen) atoms. The summed E-state index contributed by atoms with van der Waals surface area (Å²) in [6.45, 7) is 0.463. The highest BCUT2D eigenvalue weighted by Gasteiger charge is 2.24.